The second kappa shape index (κ2) is 8.85. The number of aryl methyl sites for hydroxylation is 1. The van der Waals surface area contributed by atoms with Gasteiger partial charge in [0.25, 0.3) is 0 Å². The van der Waals surface area contributed by atoms with Crippen molar-refractivity contribution in [2.24, 2.45) is 7.05 Å². The van der Waals surface area contributed by atoms with E-state index in [1.807, 2.05) is 23.9 Å². The number of rotatable bonds is 7. The summed E-state index contributed by atoms with van der Waals surface area (Å²) in [6.07, 6.45) is 0. The van der Waals surface area contributed by atoms with E-state index in [1.54, 1.807) is 23.5 Å². The first-order chi connectivity index (χ1) is 13.4. The van der Waals surface area contributed by atoms with Crippen molar-refractivity contribution in [3.05, 3.63) is 33.5 Å². The van der Waals surface area contributed by atoms with E-state index in [0.717, 1.165) is 11.4 Å². The molecule has 10 heteroatoms. The molecule has 28 heavy (non-hydrogen) atoms. The zero-order valence-corrected chi connectivity index (χ0v) is 18.2. The highest BCUT2D eigenvalue weighted by molar-refractivity contribution is 7.99. The number of hydrogen-bond acceptors (Lipinski definition) is 7. The largest absolute Gasteiger partial charge is 0.495 e. The Bertz CT molecular complexity index is 1000. The lowest BCUT2D eigenvalue weighted by Crippen LogP contribution is -2.15. The van der Waals surface area contributed by atoms with Gasteiger partial charge in [-0.2, -0.15) is 0 Å². The van der Waals surface area contributed by atoms with Crippen molar-refractivity contribution in [3.8, 4) is 22.9 Å². The zero-order chi connectivity index (χ0) is 20.3. The molecule has 2 aromatic heterocycles. The van der Waals surface area contributed by atoms with Crippen LogP contribution in [0.5, 0.6) is 11.5 Å². The predicted molar refractivity (Wildman–Crippen MR) is 113 cm³/mol. The van der Waals surface area contributed by atoms with E-state index >= 15 is 0 Å². The Morgan fingerprint density at radius 1 is 1.25 bits per heavy atom. The quantitative estimate of drug-likeness (QED) is 0.555. The fourth-order valence-corrected chi connectivity index (χ4v) is 4.15. The molecule has 148 valence electrons. The molecule has 1 amide bonds. The Morgan fingerprint density at radius 2 is 2.00 bits per heavy atom. The van der Waals surface area contributed by atoms with Crippen LogP contribution in [0.15, 0.2) is 28.7 Å². The minimum Gasteiger partial charge on any atom is -0.495 e. The number of anilines is 1. The first-order valence-electron chi connectivity index (χ1n) is 8.22. The van der Waals surface area contributed by atoms with Gasteiger partial charge in [-0.25, -0.2) is 0 Å². The van der Waals surface area contributed by atoms with Crippen molar-refractivity contribution in [1.29, 1.82) is 0 Å². The van der Waals surface area contributed by atoms with Crippen molar-refractivity contribution in [3.63, 3.8) is 0 Å². The average molecular weight is 439 g/mol. The fraction of sp³-hybridized carbons (Fsp3) is 0.278. The number of benzene rings is 1. The van der Waals surface area contributed by atoms with E-state index in [2.05, 4.69) is 21.6 Å². The second-order valence-corrected chi connectivity index (χ2v) is 8.30. The maximum absolute atomic E-state index is 12.4. The van der Waals surface area contributed by atoms with Crippen LogP contribution in [0.2, 0.25) is 5.02 Å². The van der Waals surface area contributed by atoms with Crippen LogP contribution in [0.25, 0.3) is 11.4 Å². The highest BCUT2D eigenvalue weighted by atomic mass is 35.5. The molecule has 0 fully saturated rings. The number of aromatic nitrogens is 3. The number of hydrogen-bond donors (Lipinski definition) is 1. The molecule has 0 saturated heterocycles. The minimum absolute atomic E-state index is 0.169. The van der Waals surface area contributed by atoms with Crippen LogP contribution in [0.4, 0.5) is 5.69 Å². The molecule has 0 aliphatic carbocycles. The standard InChI is InChI=1S/C18H19ClN4O3S2/c1-10-5-11(8-27-10)17-21-22-18(23(17)2)28-9-16(24)20-13-7-14(25-3)12(19)6-15(13)26-4/h5-8H,9H2,1-4H3,(H,20,24). The maximum atomic E-state index is 12.4. The smallest absolute Gasteiger partial charge is 0.234 e. The summed E-state index contributed by atoms with van der Waals surface area (Å²) in [6.45, 7) is 2.05. The molecule has 0 saturated carbocycles. The second-order valence-electron chi connectivity index (χ2n) is 5.84. The van der Waals surface area contributed by atoms with Gasteiger partial charge in [-0.1, -0.05) is 23.4 Å². The number of carbonyl (C=O) groups is 1. The fourth-order valence-electron chi connectivity index (χ4n) is 2.53. The lowest BCUT2D eigenvalue weighted by molar-refractivity contribution is -0.113. The predicted octanol–water partition coefficient (Wildman–Crippen LogP) is 4.25. The van der Waals surface area contributed by atoms with Crippen molar-refractivity contribution in [1.82, 2.24) is 14.8 Å². The molecule has 3 rings (SSSR count). The monoisotopic (exact) mass is 438 g/mol. The number of nitrogens with one attached hydrogen (secondary N) is 1. The zero-order valence-electron chi connectivity index (χ0n) is 15.8. The summed E-state index contributed by atoms with van der Waals surface area (Å²) < 4.78 is 12.3. The van der Waals surface area contributed by atoms with Crippen LogP contribution in [-0.4, -0.2) is 40.6 Å². The van der Waals surface area contributed by atoms with Crippen molar-refractivity contribution in [2.75, 3.05) is 25.3 Å². The third kappa shape index (κ3) is 4.43. The van der Waals surface area contributed by atoms with Crippen molar-refractivity contribution < 1.29 is 14.3 Å². The van der Waals surface area contributed by atoms with E-state index in [1.165, 1.54) is 30.9 Å². The topological polar surface area (TPSA) is 78.3 Å². The molecule has 1 aromatic carbocycles. The lowest BCUT2D eigenvalue weighted by atomic mass is 10.2. The number of halogens is 1. The summed E-state index contributed by atoms with van der Waals surface area (Å²) in [5.74, 6) is 1.65. The van der Waals surface area contributed by atoms with Crippen LogP contribution in [0, 0.1) is 6.92 Å². The summed E-state index contributed by atoms with van der Waals surface area (Å²) in [7, 11) is 4.90. The number of thiophene rings is 1. The summed E-state index contributed by atoms with van der Waals surface area (Å²) in [5.41, 5.74) is 1.51. The lowest BCUT2D eigenvalue weighted by Gasteiger charge is -2.13. The van der Waals surface area contributed by atoms with E-state index in [4.69, 9.17) is 21.1 Å². The molecule has 0 bridgehead atoms. The minimum atomic E-state index is -0.205. The molecule has 0 aliphatic heterocycles. The molecule has 2 heterocycles. The molecular weight excluding hydrogens is 420 g/mol. The molecular formula is C18H19ClN4O3S2. The van der Waals surface area contributed by atoms with E-state index in [0.29, 0.717) is 27.4 Å². The summed E-state index contributed by atoms with van der Waals surface area (Å²) in [6, 6.07) is 5.29. The average Bonchev–Trinajstić information content (AvgIpc) is 3.26. The molecule has 0 unspecified atom stereocenters. The van der Waals surface area contributed by atoms with Gasteiger partial charge in [-0.05, 0) is 13.0 Å². The first kappa shape index (κ1) is 20.5. The van der Waals surface area contributed by atoms with Gasteiger partial charge in [0.15, 0.2) is 11.0 Å². The van der Waals surface area contributed by atoms with Crippen LogP contribution in [-0.2, 0) is 11.8 Å². The Morgan fingerprint density at radius 3 is 2.64 bits per heavy atom. The molecule has 3 aromatic rings. The van der Waals surface area contributed by atoms with Gasteiger partial charge < -0.3 is 19.4 Å². The molecule has 7 nitrogen and oxygen atoms in total. The van der Waals surface area contributed by atoms with E-state index < -0.39 is 0 Å². The van der Waals surface area contributed by atoms with E-state index in [9.17, 15) is 4.79 Å². The van der Waals surface area contributed by atoms with Crippen molar-refractivity contribution in [2.45, 2.75) is 12.1 Å². The van der Waals surface area contributed by atoms with E-state index in [-0.39, 0.29) is 11.7 Å². The number of amides is 1. The Labute approximate surface area is 176 Å². The van der Waals surface area contributed by atoms with Crippen LogP contribution < -0.4 is 14.8 Å². The van der Waals surface area contributed by atoms with Crippen molar-refractivity contribution >= 4 is 46.3 Å². The number of methoxy groups -OCH3 is 2. The molecule has 0 atom stereocenters. The number of carbonyl (C=O) groups excluding carboxylic acids is 1. The van der Waals surface area contributed by atoms with Gasteiger partial charge >= 0.3 is 0 Å². The highest BCUT2D eigenvalue weighted by Crippen LogP contribution is 2.36. The van der Waals surface area contributed by atoms with Gasteiger partial charge in [0, 0.05) is 35.0 Å². The Kier molecular flexibility index (Phi) is 6.48. The number of thioether (sulfide) groups is 1. The molecule has 0 aliphatic rings. The third-order valence-electron chi connectivity index (χ3n) is 3.90. The molecule has 1 N–H and O–H groups in total. The summed E-state index contributed by atoms with van der Waals surface area (Å²) in [5, 5.41) is 14.4. The van der Waals surface area contributed by atoms with Crippen LogP contribution in [0.3, 0.4) is 0 Å². The maximum Gasteiger partial charge on any atom is 0.234 e. The van der Waals surface area contributed by atoms with Crippen LogP contribution in [0.1, 0.15) is 4.88 Å². The van der Waals surface area contributed by atoms with Crippen LogP contribution >= 0.6 is 34.7 Å². The Hall–Kier alpha value is -2.23. The number of nitrogens with zero attached hydrogens (tertiary/aromatic N) is 3. The van der Waals surface area contributed by atoms with Gasteiger partial charge in [-0.15, -0.1) is 21.5 Å². The van der Waals surface area contributed by atoms with Gasteiger partial charge in [0.05, 0.1) is 30.7 Å². The molecule has 0 radical (unpaired) electrons. The normalized spacial score (nSPS) is 10.8. The first-order valence-corrected chi connectivity index (χ1v) is 10.5. The van der Waals surface area contributed by atoms with Gasteiger partial charge in [0.1, 0.15) is 11.5 Å². The summed E-state index contributed by atoms with van der Waals surface area (Å²) in [4.78, 5) is 13.6. The third-order valence-corrected chi connectivity index (χ3v) is 6.08. The molecule has 0 spiro atoms. The van der Waals surface area contributed by atoms with Gasteiger partial charge in [0.2, 0.25) is 5.91 Å². The van der Waals surface area contributed by atoms with Gasteiger partial charge in [-0.3, -0.25) is 4.79 Å². The highest BCUT2D eigenvalue weighted by Gasteiger charge is 2.16. The summed E-state index contributed by atoms with van der Waals surface area (Å²) >= 11 is 9.06. The Balaban J connectivity index is 1.68. The SMILES string of the molecule is COc1cc(NC(=O)CSc2nnc(-c3csc(C)c3)n2C)c(OC)cc1Cl. The number of ether oxygens (including phenoxy) is 2.